The number of nitro groups is 1. The fourth-order valence-electron chi connectivity index (χ4n) is 0.693. The summed E-state index contributed by atoms with van der Waals surface area (Å²) in [6.45, 7) is 0. The molecule has 0 aliphatic carbocycles. The molecule has 0 radical (unpaired) electrons. The average Bonchev–Trinajstić information content (AvgIpc) is 2.07. The molecule has 7 heteroatoms. The van der Waals surface area contributed by atoms with E-state index >= 15 is 0 Å². The summed E-state index contributed by atoms with van der Waals surface area (Å²) in [5, 5.41) is 8.90. The molecule has 0 aliphatic rings. The van der Waals surface area contributed by atoms with Crippen LogP contribution in [0, 0.1) is 15.9 Å². The Labute approximate surface area is 87.2 Å². The Balaban J connectivity index is 3.50. The molecule has 13 heavy (non-hydrogen) atoms. The number of hydrogen-bond donors (Lipinski definition) is 0. The minimum Gasteiger partial charge on any atom is -0.258 e. The summed E-state index contributed by atoms with van der Waals surface area (Å²) < 4.78 is 12.9. The normalized spacial score (nSPS) is 10.2. The number of rotatable bonds is 1. The molecule has 0 aromatic heterocycles. The van der Waals surface area contributed by atoms with E-state index < -0.39 is 31.5 Å². The molecule has 1 rings (SSSR count). The van der Waals surface area contributed by atoms with Crippen molar-refractivity contribution in [2.75, 3.05) is 0 Å². The first-order chi connectivity index (χ1) is 5.95. The first kappa shape index (κ1) is 10.5. The fourth-order valence-corrected chi connectivity index (χ4v) is 1.34. The van der Waals surface area contributed by atoms with E-state index in [-0.39, 0.29) is 0 Å². The van der Waals surface area contributed by atoms with Gasteiger partial charge in [-0.3, -0.25) is 10.1 Å². The molecule has 3 nitrogen and oxygen atoms in total. The Kier molecular flexibility index (Phi) is 2.95. The molecular weight excluding hydrogens is 243 g/mol. The molecule has 0 saturated carbocycles. The highest BCUT2D eigenvalue weighted by Crippen LogP contribution is 2.37. The lowest BCUT2D eigenvalue weighted by atomic mass is 10.3. The largest absolute Gasteiger partial charge is 0.291 e. The van der Waals surface area contributed by atoms with Gasteiger partial charge in [0.2, 0.25) is 0 Å². The molecular formula is C6HCl3FNO2. The predicted octanol–water partition coefficient (Wildman–Crippen LogP) is 3.69. The van der Waals surface area contributed by atoms with Crippen LogP contribution in [0.1, 0.15) is 0 Å². The number of nitrogens with zero attached hydrogens (tertiary/aromatic N) is 1. The highest BCUT2D eigenvalue weighted by Gasteiger charge is 2.21. The summed E-state index contributed by atoms with van der Waals surface area (Å²) in [7, 11) is 0. The van der Waals surface area contributed by atoms with Crippen molar-refractivity contribution in [1.29, 1.82) is 0 Å². The van der Waals surface area contributed by atoms with Crippen LogP contribution in [0.5, 0.6) is 0 Å². The van der Waals surface area contributed by atoms with E-state index in [2.05, 4.69) is 0 Å². The van der Waals surface area contributed by atoms with Gasteiger partial charge in [0.1, 0.15) is 10.0 Å². The van der Waals surface area contributed by atoms with E-state index in [0.29, 0.717) is 0 Å². The zero-order chi connectivity index (χ0) is 10.2. The van der Waals surface area contributed by atoms with E-state index in [9.17, 15) is 14.5 Å². The van der Waals surface area contributed by atoms with E-state index in [0.717, 1.165) is 6.07 Å². The highest BCUT2D eigenvalue weighted by molar-refractivity contribution is 6.44. The Morgan fingerprint density at radius 2 is 1.85 bits per heavy atom. The maximum absolute atomic E-state index is 12.9. The Hall–Kier alpha value is -0.580. The van der Waals surface area contributed by atoms with Crippen LogP contribution in [0.3, 0.4) is 0 Å². The monoisotopic (exact) mass is 243 g/mol. The molecule has 70 valence electrons. The lowest BCUT2D eigenvalue weighted by molar-refractivity contribution is -0.384. The molecule has 0 aliphatic heterocycles. The van der Waals surface area contributed by atoms with E-state index in [4.69, 9.17) is 34.8 Å². The first-order valence-electron chi connectivity index (χ1n) is 2.92. The van der Waals surface area contributed by atoms with Crippen molar-refractivity contribution >= 4 is 40.5 Å². The molecule has 0 unspecified atom stereocenters. The fraction of sp³-hybridized carbons (Fsp3) is 0. The van der Waals surface area contributed by atoms with Gasteiger partial charge in [0.25, 0.3) is 5.69 Å². The van der Waals surface area contributed by atoms with Gasteiger partial charge in [0, 0.05) is 6.07 Å². The minimum absolute atomic E-state index is 0.430. The first-order valence-corrected chi connectivity index (χ1v) is 4.06. The molecule has 0 spiro atoms. The zero-order valence-corrected chi connectivity index (χ0v) is 8.12. The van der Waals surface area contributed by atoms with Crippen LogP contribution in [0.25, 0.3) is 0 Å². The highest BCUT2D eigenvalue weighted by atomic mass is 35.5. The van der Waals surface area contributed by atoms with Gasteiger partial charge in [0.05, 0.1) is 9.95 Å². The summed E-state index contributed by atoms with van der Waals surface area (Å²) in [6, 6.07) is 0.811. The van der Waals surface area contributed by atoms with E-state index in [1.54, 1.807) is 0 Å². The minimum atomic E-state index is -0.959. The van der Waals surface area contributed by atoms with Crippen LogP contribution in [-0.4, -0.2) is 4.92 Å². The quantitative estimate of drug-likeness (QED) is 0.327. The van der Waals surface area contributed by atoms with Gasteiger partial charge in [-0.25, -0.2) is 4.39 Å². The second-order valence-electron chi connectivity index (χ2n) is 2.08. The number of halogens is 4. The molecule has 0 bridgehead atoms. The van der Waals surface area contributed by atoms with Crippen LogP contribution < -0.4 is 0 Å². The Morgan fingerprint density at radius 3 is 2.31 bits per heavy atom. The second kappa shape index (κ2) is 3.65. The van der Waals surface area contributed by atoms with Crippen molar-refractivity contribution < 1.29 is 9.31 Å². The molecule has 0 atom stereocenters. The molecule has 1 aromatic carbocycles. The van der Waals surface area contributed by atoms with Gasteiger partial charge in [-0.2, -0.15) is 0 Å². The molecule has 0 N–H and O–H groups in total. The lowest BCUT2D eigenvalue weighted by Gasteiger charge is -2.00. The van der Waals surface area contributed by atoms with Crippen LogP contribution in [0.2, 0.25) is 15.1 Å². The smallest absolute Gasteiger partial charge is 0.258 e. The van der Waals surface area contributed by atoms with Crippen molar-refractivity contribution in [3.05, 3.63) is 37.1 Å². The summed E-state index contributed by atoms with van der Waals surface area (Å²) in [5.74, 6) is -0.959. The van der Waals surface area contributed by atoms with Crippen molar-refractivity contribution in [2.24, 2.45) is 0 Å². The standard InChI is InChI=1S/C6HCl3FNO2/c7-2-1-3(11(12)13)4(8)5(9)6(2)10/h1H. The maximum Gasteiger partial charge on any atom is 0.291 e. The zero-order valence-electron chi connectivity index (χ0n) is 5.85. The third-order valence-electron chi connectivity index (χ3n) is 1.28. The molecule has 0 saturated heterocycles. The van der Waals surface area contributed by atoms with Gasteiger partial charge in [-0.1, -0.05) is 34.8 Å². The van der Waals surface area contributed by atoms with Gasteiger partial charge in [-0.05, 0) is 0 Å². The maximum atomic E-state index is 12.9. The van der Waals surface area contributed by atoms with Gasteiger partial charge < -0.3 is 0 Å². The average molecular weight is 244 g/mol. The Bertz CT molecular complexity index is 383. The van der Waals surface area contributed by atoms with E-state index in [1.807, 2.05) is 0 Å². The summed E-state index contributed by atoms with van der Waals surface area (Å²) in [4.78, 5) is 9.53. The summed E-state index contributed by atoms with van der Waals surface area (Å²) >= 11 is 16.0. The second-order valence-corrected chi connectivity index (χ2v) is 3.24. The Morgan fingerprint density at radius 1 is 1.31 bits per heavy atom. The number of nitro benzene ring substituents is 1. The summed E-state index contributed by atoms with van der Waals surface area (Å²) in [5.41, 5.74) is -0.516. The van der Waals surface area contributed by atoms with Crippen molar-refractivity contribution in [2.45, 2.75) is 0 Å². The predicted molar refractivity (Wildman–Crippen MR) is 48.1 cm³/mol. The van der Waals surface area contributed by atoms with Crippen LogP contribution in [-0.2, 0) is 0 Å². The van der Waals surface area contributed by atoms with Crippen LogP contribution >= 0.6 is 34.8 Å². The topological polar surface area (TPSA) is 43.1 Å². The summed E-state index contributed by atoms with van der Waals surface area (Å²) in [6.07, 6.45) is 0. The van der Waals surface area contributed by atoms with Gasteiger partial charge in [0.15, 0.2) is 5.82 Å². The molecule has 0 heterocycles. The van der Waals surface area contributed by atoms with Crippen molar-refractivity contribution in [1.82, 2.24) is 0 Å². The molecule has 0 fully saturated rings. The van der Waals surface area contributed by atoms with Crippen LogP contribution in [0.4, 0.5) is 10.1 Å². The molecule has 0 amide bonds. The lowest BCUT2D eigenvalue weighted by Crippen LogP contribution is -1.92. The number of hydrogen-bond acceptors (Lipinski definition) is 2. The van der Waals surface area contributed by atoms with Crippen molar-refractivity contribution in [3.63, 3.8) is 0 Å². The molecule has 1 aromatic rings. The third-order valence-corrected chi connectivity index (χ3v) is 2.39. The van der Waals surface area contributed by atoms with Crippen molar-refractivity contribution in [3.8, 4) is 0 Å². The third kappa shape index (κ3) is 1.85. The SMILES string of the molecule is O=[N+]([O-])c1cc(Cl)c(F)c(Cl)c1Cl. The number of benzene rings is 1. The van der Waals surface area contributed by atoms with Gasteiger partial charge in [-0.15, -0.1) is 0 Å². The van der Waals surface area contributed by atoms with E-state index in [1.165, 1.54) is 0 Å². The van der Waals surface area contributed by atoms with Crippen LogP contribution in [0.15, 0.2) is 6.07 Å². The van der Waals surface area contributed by atoms with Gasteiger partial charge >= 0.3 is 0 Å².